The van der Waals surface area contributed by atoms with E-state index >= 15 is 0 Å². The molecule has 2 aromatic carbocycles. The van der Waals surface area contributed by atoms with Crippen molar-refractivity contribution >= 4 is 10.9 Å². The van der Waals surface area contributed by atoms with Gasteiger partial charge in [0.1, 0.15) is 0 Å². The first kappa shape index (κ1) is 15.3. The first-order valence-electron chi connectivity index (χ1n) is 7.81. The smallest absolute Gasteiger partial charge is 0.161 e. The van der Waals surface area contributed by atoms with E-state index in [0.717, 1.165) is 28.2 Å². The summed E-state index contributed by atoms with van der Waals surface area (Å²) in [5, 5.41) is 0.889. The molecule has 0 spiro atoms. The van der Waals surface area contributed by atoms with Crippen molar-refractivity contribution in [1.29, 1.82) is 0 Å². The predicted molar refractivity (Wildman–Crippen MR) is 91.9 cm³/mol. The van der Waals surface area contributed by atoms with Crippen LogP contribution in [0.2, 0.25) is 0 Å². The Labute approximate surface area is 143 Å². The number of para-hydroxylation sites is 1. The molecule has 4 aromatic rings. The summed E-state index contributed by atoms with van der Waals surface area (Å²) in [4.78, 5) is 13.4. The lowest BCUT2D eigenvalue weighted by Crippen LogP contribution is -2.00. The number of pyridine rings is 1. The van der Waals surface area contributed by atoms with Gasteiger partial charge in [-0.25, -0.2) is 18.7 Å². The third kappa shape index (κ3) is 3.08. The summed E-state index contributed by atoms with van der Waals surface area (Å²) in [5.74, 6) is -1.15. The van der Waals surface area contributed by atoms with Crippen LogP contribution in [0.3, 0.4) is 0 Å². The van der Waals surface area contributed by atoms with Gasteiger partial charge in [-0.3, -0.25) is 4.98 Å². The van der Waals surface area contributed by atoms with Crippen molar-refractivity contribution in [2.45, 2.75) is 6.42 Å². The first-order chi connectivity index (χ1) is 12.2. The van der Waals surface area contributed by atoms with E-state index in [1.807, 2.05) is 36.4 Å². The largest absolute Gasteiger partial charge is 0.264 e. The van der Waals surface area contributed by atoms with Crippen molar-refractivity contribution in [3.63, 3.8) is 0 Å². The zero-order chi connectivity index (χ0) is 17.2. The van der Waals surface area contributed by atoms with Gasteiger partial charge in [0.2, 0.25) is 0 Å². The van der Waals surface area contributed by atoms with Crippen LogP contribution in [0.15, 0.2) is 67.0 Å². The standard InChI is InChI=1S/C20H13F2N3/c21-16-8-7-13(10-17(16)22)11-19-15-5-1-2-6-18(15)24-20(25-19)14-4-3-9-23-12-14/h1-10,12H,11H2. The quantitative estimate of drug-likeness (QED) is 0.552. The van der Waals surface area contributed by atoms with Crippen molar-refractivity contribution in [3.8, 4) is 11.4 Å². The van der Waals surface area contributed by atoms with E-state index in [9.17, 15) is 8.78 Å². The molecular weight excluding hydrogens is 320 g/mol. The van der Waals surface area contributed by atoms with Gasteiger partial charge in [0.25, 0.3) is 0 Å². The monoisotopic (exact) mass is 333 g/mol. The average Bonchev–Trinajstić information content (AvgIpc) is 2.65. The van der Waals surface area contributed by atoms with Gasteiger partial charge in [0, 0.05) is 29.8 Å². The van der Waals surface area contributed by atoms with Crippen LogP contribution >= 0.6 is 0 Å². The number of hydrogen-bond acceptors (Lipinski definition) is 3. The Bertz CT molecular complexity index is 1050. The SMILES string of the molecule is Fc1ccc(Cc2nc(-c3cccnc3)nc3ccccc23)cc1F. The molecule has 0 fully saturated rings. The molecule has 0 N–H and O–H groups in total. The number of hydrogen-bond donors (Lipinski definition) is 0. The maximum absolute atomic E-state index is 13.5. The maximum Gasteiger partial charge on any atom is 0.161 e. The van der Waals surface area contributed by atoms with Gasteiger partial charge in [-0.15, -0.1) is 0 Å². The topological polar surface area (TPSA) is 38.7 Å². The molecule has 0 amide bonds. The van der Waals surface area contributed by atoms with Crippen LogP contribution < -0.4 is 0 Å². The number of aromatic nitrogens is 3. The van der Waals surface area contributed by atoms with Gasteiger partial charge in [0.15, 0.2) is 17.5 Å². The number of rotatable bonds is 3. The molecule has 3 nitrogen and oxygen atoms in total. The fourth-order valence-electron chi connectivity index (χ4n) is 2.74. The Hall–Kier alpha value is -3.21. The van der Waals surface area contributed by atoms with E-state index in [1.165, 1.54) is 6.07 Å². The molecule has 0 bridgehead atoms. The molecule has 0 aliphatic carbocycles. The van der Waals surface area contributed by atoms with E-state index in [2.05, 4.69) is 15.0 Å². The van der Waals surface area contributed by atoms with Crippen LogP contribution in [-0.2, 0) is 6.42 Å². The van der Waals surface area contributed by atoms with Crippen LogP contribution in [0.4, 0.5) is 8.78 Å². The van der Waals surface area contributed by atoms with Crippen LogP contribution in [0.25, 0.3) is 22.3 Å². The molecular formula is C20H13F2N3. The highest BCUT2D eigenvalue weighted by atomic mass is 19.2. The Balaban J connectivity index is 1.85. The molecule has 0 aliphatic rings. The summed E-state index contributed by atoms with van der Waals surface area (Å²) in [5.41, 5.74) is 3.02. The second kappa shape index (κ2) is 6.36. The number of benzene rings is 2. The van der Waals surface area contributed by atoms with Crippen molar-refractivity contribution in [2.24, 2.45) is 0 Å². The van der Waals surface area contributed by atoms with Crippen molar-refractivity contribution in [2.75, 3.05) is 0 Å². The lowest BCUT2D eigenvalue weighted by Gasteiger charge is -2.09. The molecule has 122 valence electrons. The second-order valence-electron chi connectivity index (χ2n) is 5.68. The minimum Gasteiger partial charge on any atom is -0.264 e. The Morgan fingerprint density at radius 3 is 2.52 bits per heavy atom. The summed E-state index contributed by atoms with van der Waals surface area (Å²) in [6, 6.07) is 15.3. The Kier molecular flexibility index (Phi) is 3.90. The van der Waals surface area contributed by atoms with Gasteiger partial charge < -0.3 is 0 Å². The predicted octanol–water partition coefficient (Wildman–Crippen LogP) is 4.56. The first-order valence-corrected chi connectivity index (χ1v) is 7.81. The molecule has 0 unspecified atom stereocenters. The highest BCUT2D eigenvalue weighted by Gasteiger charge is 2.11. The molecule has 0 saturated carbocycles. The molecule has 25 heavy (non-hydrogen) atoms. The fourth-order valence-corrected chi connectivity index (χ4v) is 2.74. The van der Waals surface area contributed by atoms with E-state index in [-0.39, 0.29) is 0 Å². The van der Waals surface area contributed by atoms with Crippen LogP contribution in [-0.4, -0.2) is 15.0 Å². The summed E-state index contributed by atoms with van der Waals surface area (Å²) in [6.45, 7) is 0. The van der Waals surface area contributed by atoms with Gasteiger partial charge in [0.05, 0.1) is 11.2 Å². The lowest BCUT2D eigenvalue weighted by molar-refractivity contribution is 0.507. The molecule has 0 saturated heterocycles. The molecule has 0 atom stereocenters. The minimum absolute atomic E-state index is 0.382. The molecule has 2 aromatic heterocycles. The van der Waals surface area contributed by atoms with Crippen molar-refractivity contribution < 1.29 is 8.78 Å². The summed E-state index contributed by atoms with van der Waals surface area (Å²) in [7, 11) is 0. The van der Waals surface area contributed by atoms with Crippen molar-refractivity contribution in [3.05, 3.63) is 89.9 Å². The van der Waals surface area contributed by atoms with E-state index < -0.39 is 11.6 Å². The van der Waals surface area contributed by atoms with Gasteiger partial charge in [-0.2, -0.15) is 0 Å². The van der Waals surface area contributed by atoms with Crippen LogP contribution in [0.1, 0.15) is 11.3 Å². The van der Waals surface area contributed by atoms with Gasteiger partial charge >= 0.3 is 0 Å². The minimum atomic E-state index is -0.858. The molecule has 0 aliphatic heterocycles. The van der Waals surface area contributed by atoms with Gasteiger partial charge in [-0.05, 0) is 35.9 Å². The lowest BCUT2D eigenvalue weighted by atomic mass is 10.0. The van der Waals surface area contributed by atoms with Gasteiger partial charge in [-0.1, -0.05) is 24.3 Å². The summed E-state index contributed by atoms with van der Waals surface area (Å²) in [6.07, 6.45) is 3.77. The summed E-state index contributed by atoms with van der Waals surface area (Å²) < 4.78 is 26.7. The zero-order valence-corrected chi connectivity index (χ0v) is 13.2. The van der Waals surface area contributed by atoms with E-state index in [1.54, 1.807) is 18.5 Å². The number of halogens is 2. The third-order valence-electron chi connectivity index (χ3n) is 3.96. The zero-order valence-electron chi connectivity index (χ0n) is 13.2. The van der Waals surface area contributed by atoms with Crippen molar-refractivity contribution in [1.82, 2.24) is 15.0 Å². The average molecular weight is 333 g/mol. The summed E-state index contributed by atoms with van der Waals surface area (Å²) >= 11 is 0. The molecule has 5 heteroatoms. The van der Waals surface area contributed by atoms with E-state index in [0.29, 0.717) is 17.8 Å². The second-order valence-corrected chi connectivity index (χ2v) is 5.68. The molecule has 2 heterocycles. The maximum atomic E-state index is 13.5. The fraction of sp³-hybridized carbons (Fsp3) is 0.0500. The third-order valence-corrected chi connectivity index (χ3v) is 3.96. The Morgan fingerprint density at radius 1 is 0.840 bits per heavy atom. The number of nitrogens with zero attached hydrogens (tertiary/aromatic N) is 3. The highest BCUT2D eigenvalue weighted by molar-refractivity contribution is 5.83. The Morgan fingerprint density at radius 2 is 1.72 bits per heavy atom. The number of fused-ring (bicyclic) bond motifs is 1. The van der Waals surface area contributed by atoms with E-state index in [4.69, 9.17) is 0 Å². The molecule has 0 radical (unpaired) electrons. The normalized spacial score (nSPS) is 11.0. The van der Waals surface area contributed by atoms with Crippen LogP contribution in [0, 0.1) is 11.6 Å². The van der Waals surface area contributed by atoms with Crippen LogP contribution in [0.5, 0.6) is 0 Å². The highest BCUT2D eigenvalue weighted by Crippen LogP contribution is 2.23. The molecule has 4 rings (SSSR count).